The summed E-state index contributed by atoms with van der Waals surface area (Å²) in [5, 5.41) is 12.1. The van der Waals surface area contributed by atoms with Gasteiger partial charge >= 0.3 is 5.97 Å². The van der Waals surface area contributed by atoms with Crippen molar-refractivity contribution in [3.63, 3.8) is 0 Å². The molecule has 2 aliphatic rings. The number of hydrogen-bond donors (Lipinski definition) is 2. The molecule has 0 radical (unpaired) electrons. The molecular formula is C17H22N2O6S. The van der Waals surface area contributed by atoms with Gasteiger partial charge in [0.1, 0.15) is 5.75 Å². The number of nitrogens with zero attached hydrogens (tertiary/aromatic N) is 1. The number of carboxylic acid groups (broad SMARTS) is 1. The molecule has 1 saturated heterocycles. The molecule has 8 nitrogen and oxygen atoms in total. The smallest absolute Gasteiger partial charge is 0.310 e. The van der Waals surface area contributed by atoms with Crippen LogP contribution in [0, 0.1) is 5.41 Å². The number of hydrogen-bond acceptors (Lipinski definition) is 5. The summed E-state index contributed by atoms with van der Waals surface area (Å²) in [6.07, 6.45) is 2.27. The number of aliphatic carboxylic acids is 1. The lowest BCUT2D eigenvalue weighted by Crippen LogP contribution is -2.34. The van der Waals surface area contributed by atoms with Gasteiger partial charge in [0.25, 0.3) is 5.91 Å². The van der Waals surface area contributed by atoms with Crippen LogP contribution in [0.2, 0.25) is 0 Å². The molecule has 0 bridgehead atoms. The Bertz CT molecular complexity index is 803. The molecule has 1 aliphatic heterocycles. The van der Waals surface area contributed by atoms with E-state index in [1.54, 1.807) is 6.92 Å². The van der Waals surface area contributed by atoms with Gasteiger partial charge in [0.15, 0.2) is 6.61 Å². The minimum absolute atomic E-state index is 0.0513. The van der Waals surface area contributed by atoms with E-state index >= 15 is 0 Å². The van der Waals surface area contributed by atoms with Crippen molar-refractivity contribution in [2.24, 2.45) is 5.41 Å². The molecule has 0 spiro atoms. The molecule has 1 unspecified atom stereocenters. The van der Waals surface area contributed by atoms with Crippen molar-refractivity contribution in [1.82, 2.24) is 9.62 Å². The first-order valence-corrected chi connectivity index (χ1v) is 9.90. The van der Waals surface area contributed by atoms with Gasteiger partial charge in [0.05, 0.1) is 10.3 Å². The fourth-order valence-corrected chi connectivity index (χ4v) is 4.37. The van der Waals surface area contributed by atoms with Gasteiger partial charge in [-0.05, 0) is 50.5 Å². The van der Waals surface area contributed by atoms with E-state index in [-0.39, 0.29) is 43.0 Å². The van der Waals surface area contributed by atoms with Crippen molar-refractivity contribution in [3.05, 3.63) is 24.3 Å². The highest BCUT2D eigenvalue weighted by molar-refractivity contribution is 7.89. The van der Waals surface area contributed by atoms with E-state index in [1.807, 2.05) is 0 Å². The average Bonchev–Trinajstić information content (AvgIpc) is 3.31. The predicted octanol–water partition coefficient (Wildman–Crippen LogP) is 0.829. The first-order valence-electron chi connectivity index (χ1n) is 8.46. The van der Waals surface area contributed by atoms with E-state index in [1.165, 1.54) is 28.6 Å². The number of carbonyl (C=O) groups is 2. The van der Waals surface area contributed by atoms with Gasteiger partial charge < -0.3 is 15.2 Å². The fraction of sp³-hybridized carbons (Fsp3) is 0.529. The molecule has 1 heterocycles. The van der Waals surface area contributed by atoms with Crippen LogP contribution in [-0.4, -0.2) is 55.4 Å². The highest BCUT2D eigenvalue weighted by Gasteiger charge is 2.44. The molecule has 2 N–H and O–H groups in total. The van der Waals surface area contributed by atoms with E-state index in [2.05, 4.69) is 5.32 Å². The van der Waals surface area contributed by atoms with Crippen molar-refractivity contribution in [2.75, 3.05) is 19.7 Å². The number of amides is 1. The highest BCUT2D eigenvalue weighted by atomic mass is 32.2. The number of sulfonamides is 1. The van der Waals surface area contributed by atoms with Crippen molar-refractivity contribution < 1.29 is 27.9 Å². The highest BCUT2D eigenvalue weighted by Crippen LogP contribution is 2.34. The molecule has 26 heavy (non-hydrogen) atoms. The molecule has 9 heteroatoms. The second-order valence-corrected chi connectivity index (χ2v) is 8.99. The Balaban J connectivity index is 1.62. The van der Waals surface area contributed by atoms with Crippen LogP contribution in [0.1, 0.15) is 26.2 Å². The number of benzene rings is 1. The van der Waals surface area contributed by atoms with Gasteiger partial charge in [-0.1, -0.05) is 0 Å². The van der Waals surface area contributed by atoms with Gasteiger partial charge in [-0.25, -0.2) is 8.42 Å². The van der Waals surface area contributed by atoms with Crippen molar-refractivity contribution in [2.45, 2.75) is 37.1 Å². The van der Waals surface area contributed by atoms with Gasteiger partial charge in [-0.15, -0.1) is 0 Å². The number of ether oxygens (including phenoxy) is 1. The monoisotopic (exact) mass is 382 g/mol. The maximum absolute atomic E-state index is 12.7. The Morgan fingerprint density at radius 2 is 1.96 bits per heavy atom. The number of rotatable bonds is 7. The molecule has 1 atom stereocenters. The molecular weight excluding hydrogens is 360 g/mol. The van der Waals surface area contributed by atoms with Gasteiger partial charge in [0, 0.05) is 19.1 Å². The quantitative estimate of drug-likeness (QED) is 0.722. The van der Waals surface area contributed by atoms with E-state index in [4.69, 9.17) is 4.74 Å². The minimum Gasteiger partial charge on any atom is -0.484 e. The van der Waals surface area contributed by atoms with Crippen LogP contribution in [-0.2, 0) is 19.6 Å². The summed E-state index contributed by atoms with van der Waals surface area (Å²) < 4.78 is 31.9. The second kappa shape index (κ2) is 6.88. The van der Waals surface area contributed by atoms with Gasteiger partial charge in [-0.3, -0.25) is 9.59 Å². The third-order valence-electron chi connectivity index (χ3n) is 4.73. The maximum atomic E-state index is 12.7. The van der Waals surface area contributed by atoms with Crippen LogP contribution in [0.5, 0.6) is 5.75 Å². The lowest BCUT2D eigenvalue weighted by Gasteiger charge is -2.20. The molecule has 1 aromatic carbocycles. The number of nitrogens with one attached hydrogen (secondary N) is 1. The Morgan fingerprint density at radius 1 is 1.31 bits per heavy atom. The van der Waals surface area contributed by atoms with Crippen LogP contribution in [0.4, 0.5) is 0 Å². The Morgan fingerprint density at radius 3 is 2.50 bits per heavy atom. The molecule has 1 aliphatic carbocycles. The van der Waals surface area contributed by atoms with E-state index in [9.17, 15) is 23.1 Å². The zero-order valence-corrected chi connectivity index (χ0v) is 15.3. The van der Waals surface area contributed by atoms with E-state index in [0.717, 1.165) is 12.8 Å². The molecule has 0 aromatic heterocycles. The summed E-state index contributed by atoms with van der Waals surface area (Å²) in [7, 11) is -3.76. The lowest BCUT2D eigenvalue weighted by atomic mass is 9.90. The Hall–Kier alpha value is -2.13. The molecule has 1 aromatic rings. The molecule has 3 rings (SSSR count). The summed E-state index contributed by atoms with van der Waals surface area (Å²) in [4.78, 5) is 23.0. The third kappa shape index (κ3) is 3.99. The van der Waals surface area contributed by atoms with Crippen LogP contribution in [0.3, 0.4) is 0 Å². The lowest BCUT2D eigenvalue weighted by molar-refractivity contribution is -0.146. The molecule has 142 valence electrons. The minimum atomic E-state index is -3.76. The number of carbonyl (C=O) groups excluding carboxylic acids is 1. The van der Waals surface area contributed by atoms with E-state index < -0.39 is 21.4 Å². The van der Waals surface area contributed by atoms with Gasteiger partial charge in [0.2, 0.25) is 10.0 Å². The summed E-state index contributed by atoms with van der Waals surface area (Å²) in [5.41, 5.74) is -1.06. The SMILES string of the molecule is CC1(C(=O)O)CCN(S(=O)(=O)c2ccc(OCC(=O)NC3CC3)cc2)C1. The summed E-state index contributed by atoms with van der Waals surface area (Å²) in [6, 6.07) is 6.04. The first kappa shape index (κ1) is 18.7. The average molecular weight is 382 g/mol. The van der Waals surface area contributed by atoms with Crippen LogP contribution in [0.25, 0.3) is 0 Å². The Kier molecular flexibility index (Phi) is 4.94. The normalized spacial score (nSPS) is 23.6. The molecule has 1 saturated carbocycles. The van der Waals surface area contributed by atoms with Gasteiger partial charge in [-0.2, -0.15) is 4.31 Å². The van der Waals surface area contributed by atoms with Crippen LogP contribution in [0.15, 0.2) is 29.2 Å². The van der Waals surface area contributed by atoms with Crippen LogP contribution < -0.4 is 10.1 Å². The standard InChI is InChI=1S/C17H22N2O6S/c1-17(16(21)22)8-9-19(11-17)26(23,24)14-6-4-13(5-7-14)25-10-15(20)18-12-2-3-12/h4-7,12H,2-3,8-11H2,1H3,(H,18,20)(H,21,22). The second-order valence-electron chi connectivity index (χ2n) is 7.06. The predicted molar refractivity (Wildman–Crippen MR) is 92.2 cm³/mol. The summed E-state index contributed by atoms with van der Waals surface area (Å²) in [5.74, 6) is -0.802. The molecule has 2 fully saturated rings. The Labute approximate surface area is 152 Å². The van der Waals surface area contributed by atoms with Crippen LogP contribution >= 0.6 is 0 Å². The van der Waals surface area contributed by atoms with Crippen molar-refractivity contribution in [1.29, 1.82) is 0 Å². The fourth-order valence-electron chi connectivity index (χ4n) is 2.80. The summed E-state index contributed by atoms with van der Waals surface area (Å²) in [6.45, 7) is 1.55. The van der Waals surface area contributed by atoms with Crippen molar-refractivity contribution >= 4 is 21.9 Å². The first-order chi connectivity index (χ1) is 12.2. The zero-order chi connectivity index (χ0) is 18.9. The largest absolute Gasteiger partial charge is 0.484 e. The maximum Gasteiger partial charge on any atom is 0.310 e. The van der Waals surface area contributed by atoms with Crippen molar-refractivity contribution in [3.8, 4) is 5.75 Å². The van der Waals surface area contributed by atoms with E-state index in [0.29, 0.717) is 5.75 Å². The third-order valence-corrected chi connectivity index (χ3v) is 6.59. The topological polar surface area (TPSA) is 113 Å². The molecule has 1 amide bonds. The summed E-state index contributed by atoms with van der Waals surface area (Å²) >= 11 is 0. The number of carboxylic acids is 1. The zero-order valence-electron chi connectivity index (χ0n) is 14.5.